The first-order chi connectivity index (χ1) is 10.7. The Kier molecular flexibility index (Phi) is 10.2. The van der Waals surface area contributed by atoms with Gasteiger partial charge in [-0.2, -0.15) is 0 Å². The molecule has 0 aromatic heterocycles. The average molecular weight is 315 g/mol. The lowest BCUT2D eigenvalue weighted by Crippen LogP contribution is -2.53. The van der Waals surface area contributed by atoms with Crippen LogP contribution in [0.1, 0.15) is 71.6 Å². The lowest BCUT2D eigenvalue weighted by Gasteiger charge is -2.38. The van der Waals surface area contributed by atoms with E-state index in [0.717, 1.165) is 45.2 Å². The molecule has 22 heavy (non-hydrogen) atoms. The normalized spacial score (nSPS) is 15.8. The highest BCUT2D eigenvalue weighted by Gasteiger charge is 2.27. The van der Waals surface area contributed by atoms with E-state index in [9.17, 15) is 10.0 Å². The van der Waals surface area contributed by atoms with E-state index in [-0.39, 0.29) is 0 Å². The zero-order valence-corrected chi connectivity index (χ0v) is 14.3. The van der Waals surface area contributed by atoms with Gasteiger partial charge in [0.25, 0.3) is 0 Å². The van der Waals surface area contributed by atoms with Crippen molar-refractivity contribution in [1.29, 1.82) is 0 Å². The molecule has 1 N–H and O–H groups in total. The van der Waals surface area contributed by atoms with Gasteiger partial charge in [0.15, 0.2) is 0 Å². The van der Waals surface area contributed by atoms with Crippen LogP contribution in [-0.4, -0.2) is 52.7 Å². The first-order valence-electron chi connectivity index (χ1n) is 8.89. The van der Waals surface area contributed by atoms with Crippen LogP contribution in [0, 0.1) is 0 Å². The van der Waals surface area contributed by atoms with Gasteiger partial charge in [0.05, 0.1) is 6.61 Å². The van der Waals surface area contributed by atoms with E-state index in [0.29, 0.717) is 18.4 Å². The summed E-state index contributed by atoms with van der Waals surface area (Å²) in [6, 6.07) is -0.467. The maximum atomic E-state index is 12.4. The Morgan fingerprint density at radius 3 is 2.36 bits per heavy atom. The summed E-state index contributed by atoms with van der Waals surface area (Å²) >= 11 is 0. The van der Waals surface area contributed by atoms with Gasteiger partial charge in [0.2, 0.25) is 0 Å². The van der Waals surface area contributed by atoms with Gasteiger partial charge in [-0.3, -0.25) is 10.2 Å². The standard InChI is InChI=1S/C16H33N3O3/c1-3-5-6-7-11-14-18(17-12-9-8-10-13-17)16(20)19(21)22-15-4-2/h21H,3-15H2,1-2H3. The van der Waals surface area contributed by atoms with Crippen LogP contribution in [0.5, 0.6) is 0 Å². The molecule has 0 unspecified atom stereocenters. The molecule has 0 aliphatic carbocycles. The number of carbonyl (C=O) groups excluding carboxylic acids is 1. The van der Waals surface area contributed by atoms with Crippen LogP contribution in [0.3, 0.4) is 0 Å². The molecule has 0 atom stereocenters. The molecule has 0 aromatic rings. The average Bonchev–Trinajstić information content (AvgIpc) is 2.56. The summed E-state index contributed by atoms with van der Waals surface area (Å²) in [4.78, 5) is 17.4. The number of urea groups is 1. The van der Waals surface area contributed by atoms with E-state index in [1.54, 1.807) is 5.01 Å². The SMILES string of the molecule is CCCCCCCN(C(=O)N(O)OCCC)N1CCCCC1. The van der Waals surface area contributed by atoms with Crippen molar-refractivity contribution < 1.29 is 14.8 Å². The lowest BCUT2D eigenvalue weighted by atomic mass is 10.1. The smallest absolute Gasteiger partial charge is 0.260 e. The second-order valence-electron chi connectivity index (χ2n) is 5.94. The van der Waals surface area contributed by atoms with Crippen molar-refractivity contribution in [1.82, 2.24) is 15.2 Å². The van der Waals surface area contributed by atoms with Crippen LogP contribution in [0.2, 0.25) is 0 Å². The molecule has 0 spiro atoms. The van der Waals surface area contributed by atoms with E-state index >= 15 is 0 Å². The zero-order chi connectivity index (χ0) is 16.2. The highest BCUT2D eigenvalue weighted by Crippen LogP contribution is 2.15. The Hall–Kier alpha value is -0.850. The molecule has 130 valence electrons. The van der Waals surface area contributed by atoms with Gasteiger partial charge in [0.1, 0.15) is 0 Å². The Bertz CT molecular complexity index is 296. The third-order valence-corrected chi connectivity index (χ3v) is 3.95. The molecule has 2 amide bonds. The molecule has 6 nitrogen and oxygen atoms in total. The van der Waals surface area contributed by atoms with E-state index in [4.69, 9.17) is 4.84 Å². The maximum Gasteiger partial charge on any atom is 0.383 e. The molecule has 0 bridgehead atoms. The number of carbonyl (C=O) groups is 1. The summed E-state index contributed by atoms with van der Waals surface area (Å²) in [5, 5.41) is 13.9. The lowest BCUT2D eigenvalue weighted by molar-refractivity contribution is -0.306. The van der Waals surface area contributed by atoms with Gasteiger partial charge < -0.3 is 0 Å². The molecule has 1 saturated heterocycles. The Labute approximate surface area is 134 Å². The van der Waals surface area contributed by atoms with E-state index < -0.39 is 6.03 Å². The van der Waals surface area contributed by atoms with E-state index in [1.807, 2.05) is 6.92 Å². The molecule has 1 aliphatic rings. The van der Waals surface area contributed by atoms with Crippen molar-refractivity contribution in [2.24, 2.45) is 0 Å². The van der Waals surface area contributed by atoms with Crippen molar-refractivity contribution in [2.45, 2.75) is 71.6 Å². The van der Waals surface area contributed by atoms with Gasteiger partial charge in [-0.15, -0.1) is 0 Å². The van der Waals surface area contributed by atoms with Crippen molar-refractivity contribution in [3.63, 3.8) is 0 Å². The van der Waals surface area contributed by atoms with E-state index in [1.165, 1.54) is 25.7 Å². The molecule has 0 aromatic carbocycles. The minimum absolute atomic E-state index is 0.340. The fourth-order valence-corrected chi connectivity index (χ4v) is 2.67. The zero-order valence-electron chi connectivity index (χ0n) is 14.3. The van der Waals surface area contributed by atoms with Crippen LogP contribution in [0.15, 0.2) is 0 Å². The maximum absolute atomic E-state index is 12.4. The number of hydroxylamine groups is 2. The van der Waals surface area contributed by atoms with Crippen LogP contribution >= 0.6 is 0 Å². The Morgan fingerprint density at radius 1 is 1.05 bits per heavy atom. The summed E-state index contributed by atoms with van der Waals surface area (Å²) in [6.45, 7) is 6.87. The van der Waals surface area contributed by atoms with Crippen LogP contribution in [-0.2, 0) is 4.84 Å². The summed E-state index contributed by atoms with van der Waals surface area (Å²) < 4.78 is 0. The number of hydrogen-bond donors (Lipinski definition) is 1. The minimum Gasteiger partial charge on any atom is -0.260 e. The first kappa shape index (κ1) is 19.2. The molecule has 0 radical (unpaired) electrons. The number of amides is 2. The largest absolute Gasteiger partial charge is 0.383 e. The molecular weight excluding hydrogens is 282 g/mol. The Morgan fingerprint density at radius 2 is 1.73 bits per heavy atom. The quantitative estimate of drug-likeness (QED) is 0.378. The van der Waals surface area contributed by atoms with Gasteiger partial charge in [-0.1, -0.05) is 51.2 Å². The topological polar surface area (TPSA) is 56.3 Å². The third kappa shape index (κ3) is 6.94. The molecule has 1 aliphatic heterocycles. The molecule has 1 rings (SSSR count). The minimum atomic E-state index is -0.467. The van der Waals surface area contributed by atoms with Gasteiger partial charge >= 0.3 is 6.03 Å². The predicted octanol–water partition coefficient (Wildman–Crippen LogP) is 3.81. The second-order valence-corrected chi connectivity index (χ2v) is 5.94. The fraction of sp³-hybridized carbons (Fsp3) is 0.938. The molecule has 1 heterocycles. The first-order valence-corrected chi connectivity index (χ1v) is 8.89. The number of unbranched alkanes of at least 4 members (excludes halogenated alkanes) is 4. The number of nitrogens with zero attached hydrogens (tertiary/aromatic N) is 3. The summed E-state index contributed by atoms with van der Waals surface area (Å²) in [7, 11) is 0. The summed E-state index contributed by atoms with van der Waals surface area (Å²) in [6.07, 6.45) is 9.90. The molecular formula is C16H33N3O3. The van der Waals surface area contributed by atoms with Crippen molar-refractivity contribution in [3.8, 4) is 0 Å². The Balaban J connectivity index is 2.50. The number of rotatable bonds is 10. The van der Waals surface area contributed by atoms with Gasteiger partial charge in [-0.05, 0) is 25.7 Å². The predicted molar refractivity (Wildman–Crippen MR) is 86.2 cm³/mol. The van der Waals surface area contributed by atoms with Crippen LogP contribution in [0.25, 0.3) is 0 Å². The monoisotopic (exact) mass is 315 g/mol. The number of hydrazine groups is 1. The van der Waals surface area contributed by atoms with E-state index in [2.05, 4.69) is 11.9 Å². The number of piperidine rings is 1. The molecule has 0 saturated carbocycles. The van der Waals surface area contributed by atoms with Crippen LogP contribution < -0.4 is 0 Å². The molecule has 1 fully saturated rings. The highest BCUT2D eigenvalue weighted by molar-refractivity contribution is 5.71. The van der Waals surface area contributed by atoms with Crippen LogP contribution in [0.4, 0.5) is 4.79 Å². The molecule has 6 heteroatoms. The third-order valence-electron chi connectivity index (χ3n) is 3.95. The second kappa shape index (κ2) is 11.7. The van der Waals surface area contributed by atoms with Gasteiger partial charge in [-0.25, -0.2) is 14.6 Å². The highest BCUT2D eigenvalue weighted by atomic mass is 16.9. The summed E-state index contributed by atoms with van der Waals surface area (Å²) in [5.74, 6) is 0. The van der Waals surface area contributed by atoms with Crippen molar-refractivity contribution >= 4 is 6.03 Å². The van der Waals surface area contributed by atoms with Gasteiger partial charge in [0, 0.05) is 19.6 Å². The van der Waals surface area contributed by atoms with Crippen molar-refractivity contribution in [2.75, 3.05) is 26.2 Å². The van der Waals surface area contributed by atoms with Crippen molar-refractivity contribution in [3.05, 3.63) is 0 Å². The fourth-order valence-electron chi connectivity index (χ4n) is 2.67. The number of hydrogen-bond acceptors (Lipinski definition) is 4. The summed E-state index contributed by atoms with van der Waals surface area (Å²) in [5.41, 5.74) is 0.